The zero-order valence-electron chi connectivity index (χ0n) is 12.9. The zero-order valence-corrected chi connectivity index (χ0v) is 14.5. The van der Waals surface area contributed by atoms with Gasteiger partial charge >= 0.3 is 5.97 Å². The second-order valence-electron chi connectivity index (χ2n) is 6.51. The van der Waals surface area contributed by atoms with Crippen molar-refractivity contribution in [1.82, 2.24) is 4.90 Å². The molecule has 1 saturated heterocycles. The Morgan fingerprint density at radius 3 is 2.57 bits per heavy atom. The Labute approximate surface area is 134 Å². The molecule has 2 atom stereocenters. The van der Waals surface area contributed by atoms with Crippen molar-refractivity contribution < 1.29 is 14.6 Å². The fraction of sp³-hybridized carbons (Fsp3) is 0.562. The van der Waals surface area contributed by atoms with E-state index in [2.05, 4.69) is 41.6 Å². The summed E-state index contributed by atoms with van der Waals surface area (Å²) >= 11 is 3.43. The minimum atomic E-state index is -0.739. The van der Waals surface area contributed by atoms with E-state index in [0.29, 0.717) is 6.54 Å². The van der Waals surface area contributed by atoms with Gasteiger partial charge in [-0.05, 0) is 38.5 Å². The molecule has 1 aromatic carbocycles. The summed E-state index contributed by atoms with van der Waals surface area (Å²) in [5, 5.41) is 9.57. The number of benzene rings is 1. The molecular formula is C16H22BrNO3. The Balaban J connectivity index is 2.39. The number of rotatable bonds is 3. The SMILES string of the molecule is COc1cc(Br)ccc1[C@H]1CN(C(C)(C)C)C[C@@H]1C(=O)O. The third kappa shape index (κ3) is 3.40. The number of likely N-dealkylation sites (tertiary alicyclic amines) is 1. The van der Waals surface area contributed by atoms with Gasteiger partial charge in [-0.15, -0.1) is 0 Å². The summed E-state index contributed by atoms with van der Waals surface area (Å²) in [5.74, 6) is -0.447. The molecule has 0 radical (unpaired) electrons. The van der Waals surface area contributed by atoms with E-state index in [1.165, 1.54) is 0 Å². The lowest BCUT2D eigenvalue weighted by Gasteiger charge is -2.31. The molecule has 5 heteroatoms. The molecule has 1 fully saturated rings. The van der Waals surface area contributed by atoms with Gasteiger partial charge in [0, 0.05) is 29.0 Å². The Morgan fingerprint density at radius 2 is 2.05 bits per heavy atom. The van der Waals surface area contributed by atoms with Gasteiger partial charge in [-0.1, -0.05) is 22.0 Å². The minimum absolute atomic E-state index is 0.0367. The Kier molecular flexibility index (Phi) is 4.63. The van der Waals surface area contributed by atoms with Gasteiger partial charge in [-0.2, -0.15) is 0 Å². The maximum Gasteiger partial charge on any atom is 0.308 e. The molecule has 0 unspecified atom stereocenters. The van der Waals surface area contributed by atoms with Crippen LogP contribution in [0.4, 0.5) is 0 Å². The number of hydrogen-bond donors (Lipinski definition) is 1. The van der Waals surface area contributed by atoms with Crippen LogP contribution in [0.25, 0.3) is 0 Å². The monoisotopic (exact) mass is 355 g/mol. The average molecular weight is 356 g/mol. The van der Waals surface area contributed by atoms with Crippen LogP contribution in [0, 0.1) is 5.92 Å². The molecule has 0 bridgehead atoms. The molecule has 0 saturated carbocycles. The van der Waals surface area contributed by atoms with Crippen LogP contribution in [0.5, 0.6) is 5.75 Å². The van der Waals surface area contributed by atoms with Gasteiger partial charge < -0.3 is 9.84 Å². The van der Waals surface area contributed by atoms with Crippen LogP contribution in [-0.2, 0) is 4.79 Å². The van der Waals surface area contributed by atoms with Crippen LogP contribution in [0.15, 0.2) is 22.7 Å². The summed E-state index contributed by atoms with van der Waals surface area (Å²) in [5.41, 5.74) is 0.935. The molecule has 21 heavy (non-hydrogen) atoms. The molecule has 1 heterocycles. The van der Waals surface area contributed by atoms with Crippen molar-refractivity contribution in [3.8, 4) is 5.75 Å². The summed E-state index contributed by atoms with van der Waals surface area (Å²) in [6, 6.07) is 5.81. The zero-order chi connectivity index (χ0) is 15.8. The van der Waals surface area contributed by atoms with E-state index in [4.69, 9.17) is 4.74 Å². The average Bonchev–Trinajstić information content (AvgIpc) is 2.83. The van der Waals surface area contributed by atoms with Gasteiger partial charge in [0.1, 0.15) is 5.75 Å². The van der Waals surface area contributed by atoms with Crippen LogP contribution in [-0.4, -0.2) is 41.7 Å². The summed E-state index contributed by atoms with van der Waals surface area (Å²) in [6.07, 6.45) is 0. The normalized spacial score (nSPS) is 23.3. The molecule has 4 nitrogen and oxygen atoms in total. The van der Waals surface area contributed by atoms with Crippen molar-refractivity contribution in [2.45, 2.75) is 32.2 Å². The maximum atomic E-state index is 11.6. The highest BCUT2D eigenvalue weighted by molar-refractivity contribution is 9.10. The number of ether oxygens (including phenoxy) is 1. The van der Waals surface area contributed by atoms with Crippen LogP contribution >= 0.6 is 15.9 Å². The molecule has 0 aromatic heterocycles. The summed E-state index contributed by atoms with van der Waals surface area (Å²) in [4.78, 5) is 13.9. The number of carbonyl (C=O) groups is 1. The summed E-state index contributed by atoms with van der Waals surface area (Å²) in [6.45, 7) is 7.66. The van der Waals surface area contributed by atoms with Crippen LogP contribution in [0.2, 0.25) is 0 Å². The van der Waals surface area contributed by atoms with Crippen LogP contribution in [0.3, 0.4) is 0 Å². The first-order chi connectivity index (χ1) is 9.74. The van der Waals surface area contributed by atoms with Crippen molar-refractivity contribution >= 4 is 21.9 Å². The fourth-order valence-corrected chi connectivity index (χ4v) is 3.25. The topological polar surface area (TPSA) is 49.8 Å². The highest BCUT2D eigenvalue weighted by Crippen LogP contribution is 2.40. The van der Waals surface area contributed by atoms with Crippen molar-refractivity contribution in [3.05, 3.63) is 28.2 Å². The first-order valence-corrected chi connectivity index (χ1v) is 7.84. The van der Waals surface area contributed by atoms with E-state index < -0.39 is 11.9 Å². The predicted molar refractivity (Wildman–Crippen MR) is 85.9 cm³/mol. The Bertz CT molecular complexity index is 539. The van der Waals surface area contributed by atoms with E-state index in [9.17, 15) is 9.90 Å². The predicted octanol–water partition coefficient (Wildman–Crippen LogP) is 3.36. The summed E-state index contributed by atoms with van der Waals surface area (Å²) in [7, 11) is 1.62. The number of carboxylic acid groups (broad SMARTS) is 1. The molecule has 1 aliphatic heterocycles. The van der Waals surface area contributed by atoms with Gasteiger partial charge in [-0.25, -0.2) is 0 Å². The molecular weight excluding hydrogens is 334 g/mol. The fourth-order valence-electron chi connectivity index (χ4n) is 2.91. The molecule has 0 amide bonds. The third-order valence-electron chi connectivity index (χ3n) is 4.18. The van der Waals surface area contributed by atoms with Crippen molar-refractivity contribution in [1.29, 1.82) is 0 Å². The van der Waals surface area contributed by atoms with Gasteiger partial charge in [-0.3, -0.25) is 9.69 Å². The van der Waals surface area contributed by atoms with Gasteiger partial charge in [0.2, 0.25) is 0 Å². The lowest BCUT2D eigenvalue weighted by atomic mass is 9.88. The van der Waals surface area contributed by atoms with E-state index >= 15 is 0 Å². The number of methoxy groups -OCH3 is 1. The first-order valence-electron chi connectivity index (χ1n) is 7.05. The second-order valence-corrected chi connectivity index (χ2v) is 7.43. The highest BCUT2D eigenvalue weighted by Gasteiger charge is 2.43. The van der Waals surface area contributed by atoms with Gasteiger partial charge in [0.25, 0.3) is 0 Å². The second kappa shape index (κ2) is 5.97. The van der Waals surface area contributed by atoms with Crippen molar-refractivity contribution in [2.75, 3.05) is 20.2 Å². The molecule has 0 spiro atoms. The standard InChI is InChI=1S/C16H22BrNO3/c1-16(2,3)18-8-12(13(9-18)15(19)20)11-6-5-10(17)7-14(11)21-4/h5-7,12-13H,8-9H2,1-4H3,(H,19,20)/t12-,13+/m1/s1. The van der Waals surface area contributed by atoms with E-state index in [1.54, 1.807) is 7.11 Å². The summed E-state index contributed by atoms with van der Waals surface area (Å²) < 4.78 is 6.38. The maximum absolute atomic E-state index is 11.6. The minimum Gasteiger partial charge on any atom is -0.496 e. The lowest BCUT2D eigenvalue weighted by molar-refractivity contribution is -0.141. The van der Waals surface area contributed by atoms with Crippen LogP contribution in [0.1, 0.15) is 32.3 Å². The number of hydrogen-bond acceptors (Lipinski definition) is 3. The highest BCUT2D eigenvalue weighted by atomic mass is 79.9. The molecule has 2 rings (SSSR count). The van der Waals surface area contributed by atoms with Gasteiger partial charge in [0.05, 0.1) is 13.0 Å². The number of nitrogens with zero attached hydrogens (tertiary/aromatic N) is 1. The largest absolute Gasteiger partial charge is 0.496 e. The number of halogens is 1. The molecule has 1 N–H and O–H groups in total. The lowest BCUT2D eigenvalue weighted by Crippen LogP contribution is -2.40. The quantitative estimate of drug-likeness (QED) is 0.902. The van der Waals surface area contributed by atoms with Crippen molar-refractivity contribution in [2.24, 2.45) is 5.92 Å². The third-order valence-corrected chi connectivity index (χ3v) is 4.67. The number of aliphatic carboxylic acids is 1. The molecule has 1 aromatic rings. The molecule has 116 valence electrons. The Morgan fingerprint density at radius 1 is 1.38 bits per heavy atom. The van der Waals surface area contributed by atoms with Gasteiger partial charge in [0.15, 0.2) is 0 Å². The van der Waals surface area contributed by atoms with E-state index in [0.717, 1.165) is 22.3 Å². The van der Waals surface area contributed by atoms with Crippen LogP contribution < -0.4 is 4.74 Å². The number of carboxylic acids is 1. The van der Waals surface area contributed by atoms with E-state index in [1.807, 2.05) is 18.2 Å². The smallest absolute Gasteiger partial charge is 0.308 e. The van der Waals surface area contributed by atoms with Crippen molar-refractivity contribution in [3.63, 3.8) is 0 Å². The molecule has 1 aliphatic rings. The van der Waals surface area contributed by atoms with E-state index in [-0.39, 0.29) is 11.5 Å². The Hall–Kier alpha value is -1.07. The molecule has 0 aliphatic carbocycles. The first kappa shape index (κ1) is 16.3.